The largest absolute Gasteiger partial charge is 0.292 e. The number of imide groups is 1. The lowest BCUT2D eigenvalue weighted by atomic mass is 10.1. The van der Waals surface area contributed by atoms with Crippen molar-refractivity contribution >= 4 is 34.8 Å². The van der Waals surface area contributed by atoms with E-state index in [-0.39, 0.29) is 11.0 Å². The van der Waals surface area contributed by atoms with Gasteiger partial charge in [-0.1, -0.05) is 36.4 Å². The van der Waals surface area contributed by atoms with Gasteiger partial charge in [0.25, 0.3) is 11.1 Å². The number of aryl methyl sites for hydroxylation is 1. The number of nitrogens with zero attached hydrogens (tertiary/aromatic N) is 1. The second-order valence-corrected chi connectivity index (χ2v) is 6.25. The van der Waals surface area contributed by atoms with E-state index >= 15 is 0 Å². The number of thioether (sulfide) groups is 1. The first-order valence-electron chi connectivity index (χ1n) is 7.40. The zero-order chi connectivity index (χ0) is 16.9. The fourth-order valence-electron chi connectivity index (χ4n) is 2.26. The molecular weight excluding hydrogens is 324 g/mol. The Morgan fingerprint density at radius 3 is 2.54 bits per heavy atom. The number of ketones is 1. The molecule has 3 rings (SSSR count). The summed E-state index contributed by atoms with van der Waals surface area (Å²) in [7, 11) is 0. The van der Waals surface area contributed by atoms with Crippen molar-refractivity contribution in [2.75, 3.05) is 0 Å². The zero-order valence-electron chi connectivity index (χ0n) is 12.7. The van der Waals surface area contributed by atoms with Crippen molar-refractivity contribution in [1.29, 1.82) is 0 Å². The normalized spacial score (nSPS) is 15.6. The zero-order valence-corrected chi connectivity index (χ0v) is 13.5. The quantitative estimate of drug-likeness (QED) is 0.669. The molecule has 120 valence electrons. The van der Waals surface area contributed by atoms with Gasteiger partial charge in [-0.3, -0.25) is 24.7 Å². The monoisotopic (exact) mass is 338 g/mol. The molecule has 0 unspecified atom stereocenters. The van der Waals surface area contributed by atoms with Crippen LogP contribution in [0, 0.1) is 0 Å². The summed E-state index contributed by atoms with van der Waals surface area (Å²) in [6.07, 6.45) is 4.17. The van der Waals surface area contributed by atoms with Gasteiger partial charge in [0.15, 0.2) is 5.78 Å². The van der Waals surface area contributed by atoms with E-state index in [0.29, 0.717) is 29.0 Å². The van der Waals surface area contributed by atoms with Crippen LogP contribution in [0.5, 0.6) is 0 Å². The fraction of sp³-hybridized carbons (Fsp3) is 0.111. The van der Waals surface area contributed by atoms with Crippen LogP contribution in [0.2, 0.25) is 0 Å². The highest BCUT2D eigenvalue weighted by Gasteiger charge is 2.24. The number of carbonyl (C=O) groups is 3. The first kappa shape index (κ1) is 16.1. The van der Waals surface area contributed by atoms with E-state index in [9.17, 15) is 14.4 Å². The summed E-state index contributed by atoms with van der Waals surface area (Å²) in [6.45, 7) is 0. The maximum atomic E-state index is 12.2. The molecule has 24 heavy (non-hydrogen) atoms. The van der Waals surface area contributed by atoms with Crippen molar-refractivity contribution in [2.45, 2.75) is 12.8 Å². The molecule has 6 heteroatoms. The first-order valence-corrected chi connectivity index (χ1v) is 8.21. The summed E-state index contributed by atoms with van der Waals surface area (Å²) in [4.78, 5) is 39.3. The van der Waals surface area contributed by atoms with E-state index in [1.807, 2.05) is 30.3 Å². The highest BCUT2D eigenvalue weighted by molar-refractivity contribution is 8.18. The second-order valence-electron chi connectivity index (χ2n) is 5.24. The van der Waals surface area contributed by atoms with Crippen LogP contribution < -0.4 is 5.32 Å². The molecule has 1 N–H and O–H groups in total. The molecule has 1 fully saturated rings. The molecule has 0 radical (unpaired) electrons. The average molecular weight is 338 g/mol. The highest BCUT2D eigenvalue weighted by Crippen LogP contribution is 2.25. The van der Waals surface area contributed by atoms with Crippen molar-refractivity contribution < 1.29 is 14.4 Å². The molecular formula is C18H14N2O3S. The van der Waals surface area contributed by atoms with Gasteiger partial charge in [0.05, 0.1) is 4.91 Å². The van der Waals surface area contributed by atoms with Gasteiger partial charge in [0.1, 0.15) is 5.69 Å². The second kappa shape index (κ2) is 7.23. The van der Waals surface area contributed by atoms with Crippen LogP contribution in [0.1, 0.15) is 28.0 Å². The molecule has 0 saturated carbocycles. The van der Waals surface area contributed by atoms with Crippen molar-refractivity contribution in [3.05, 3.63) is 70.4 Å². The lowest BCUT2D eigenvalue weighted by Gasteiger charge is -2.02. The van der Waals surface area contributed by atoms with Crippen molar-refractivity contribution in [3.63, 3.8) is 0 Å². The minimum atomic E-state index is -0.409. The molecule has 5 nitrogen and oxygen atoms in total. The summed E-state index contributed by atoms with van der Waals surface area (Å²) >= 11 is 0.852. The molecule has 1 saturated heterocycles. The van der Waals surface area contributed by atoms with Crippen LogP contribution in [-0.2, 0) is 11.2 Å². The molecule has 0 aliphatic carbocycles. The molecule has 0 atom stereocenters. The molecule has 1 aromatic heterocycles. The number of rotatable bonds is 5. The Morgan fingerprint density at radius 2 is 1.92 bits per heavy atom. The van der Waals surface area contributed by atoms with E-state index < -0.39 is 5.91 Å². The van der Waals surface area contributed by atoms with E-state index in [0.717, 1.165) is 17.3 Å². The van der Waals surface area contributed by atoms with Gasteiger partial charge >= 0.3 is 0 Å². The fourth-order valence-corrected chi connectivity index (χ4v) is 2.94. The van der Waals surface area contributed by atoms with Gasteiger partial charge < -0.3 is 0 Å². The number of Topliss-reactive ketones (excluding diaryl/α,β-unsaturated/α-hetero) is 1. The van der Waals surface area contributed by atoms with E-state index in [2.05, 4.69) is 10.3 Å². The number of aromatic nitrogens is 1. The van der Waals surface area contributed by atoms with E-state index in [1.54, 1.807) is 18.2 Å². The number of benzene rings is 1. The molecule has 2 aromatic rings. The molecule has 1 aliphatic rings. The molecule has 1 aliphatic heterocycles. The number of carbonyl (C=O) groups excluding carboxylic acids is 3. The summed E-state index contributed by atoms with van der Waals surface area (Å²) in [5, 5.41) is 1.81. The Morgan fingerprint density at radius 1 is 1.12 bits per heavy atom. The third kappa shape index (κ3) is 3.97. The predicted molar refractivity (Wildman–Crippen MR) is 92.4 cm³/mol. The minimum absolute atomic E-state index is 0.0266. The predicted octanol–water partition coefficient (Wildman–Crippen LogP) is 3.22. The van der Waals surface area contributed by atoms with Crippen LogP contribution in [0.15, 0.2) is 53.6 Å². The van der Waals surface area contributed by atoms with Crippen LogP contribution in [0.4, 0.5) is 4.79 Å². The van der Waals surface area contributed by atoms with Crippen LogP contribution in [0.3, 0.4) is 0 Å². The average Bonchev–Trinajstić information content (AvgIpc) is 2.91. The van der Waals surface area contributed by atoms with Crippen LogP contribution in [0.25, 0.3) is 6.08 Å². The molecule has 0 spiro atoms. The summed E-state index contributed by atoms with van der Waals surface area (Å²) in [5.74, 6) is -0.436. The van der Waals surface area contributed by atoms with Crippen LogP contribution in [-0.4, -0.2) is 21.9 Å². The Labute approximate surface area is 143 Å². The maximum absolute atomic E-state index is 12.2. The Bertz CT molecular complexity index is 814. The smallest absolute Gasteiger partial charge is 0.290 e. The number of hydrogen-bond donors (Lipinski definition) is 1. The van der Waals surface area contributed by atoms with E-state index in [1.165, 1.54) is 6.20 Å². The Balaban J connectivity index is 1.64. The van der Waals surface area contributed by atoms with Gasteiger partial charge in [-0.25, -0.2) is 0 Å². The molecule has 1 aromatic carbocycles. The minimum Gasteiger partial charge on any atom is -0.292 e. The Hall–Kier alpha value is -2.73. The number of pyridine rings is 1. The van der Waals surface area contributed by atoms with Crippen molar-refractivity contribution in [2.24, 2.45) is 0 Å². The third-order valence-electron chi connectivity index (χ3n) is 3.50. The maximum Gasteiger partial charge on any atom is 0.290 e. The number of amides is 2. The van der Waals surface area contributed by atoms with Crippen molar-refractivity contribution in [3.8, 4) is 0 Å². The molecule has 0 bridgehead atoms. The van der Waals surface area contributed by atoms with Gasteiger partial charge in [-0.05, 0) is 41.5 Å². The molecule has 2 amide bonds. The molecule has 2 heterocycles. The standard InChI is InChI=1S/C18H14N2O3S/c21-15(9-7-12-4-2-1-3-5-12)14-8-6-13(11-19-14)10-16-17(22)20-18(23)24-16/h1-6,8,10-11H,7,9H2,(H,20,22,23). The van der Waals surface area contributed by atoms with Gasteiger partial charge in [0, 0.05) is 12.6 Å². The summed E-state index contributed by atoms with van der Waals surface area (Å²) < 4.78 is 0. The Kier molecular flexibility index (Phi) is 4.86. The topological polar surface area (TPSA) is 76.1 Å². The highest BCUT2D eigenvalue weighted by atomic mass is 32.2. The number of nitrogens with one attached hydrogen (secondary N) is 1. The third-order valence-corrected chi connectivity index (χ3v) is 4.31. The SMILES string of the molecule is O=C1NC(=O)C(=Cc2ccc(C(=O)CCc3ccccc3)nc2)S1. The summed E-state index contributed by atoms with van der Waals surface area (Å²) in [5.41, 5.74) is 2.18. The lowest BCUT2D eigenvalue weighted by molar-refractivity contribution is -0.115. The first-order chi connectivity index (χ1) is 11.6. The van der Waals surface area contributed by atoms with Gasteiger partial charge in [-0.2, -0.15) is 0 Å². The van der Waals surface area contributed by atoms with Gasteiger partial charge in [-0.15, -0.1) is 0 Å². The number of hydrogen-bond acceptors (Lipinski definition) is 5. The lowest BCUT2D eigenvalue weighted by Crippen LogP contribution is -2.17. The summed E-state index contributed by atoms with van der Waals surface area (Å²) in [6, 6.07) is 13.2. The van der Waals surface area contributed by atoms with E-state index in [4.69, 9.17) is 0 Å². The van der Waals surface area contributed by atoms with Gasteiger partial charge in [0.2, 0.25) is 0 Å². The van der Waals surface area contributed by atoms with Crippen LogP contribution >= 0.6 is 11.8 Å². The van der Waals surface area contributed by atoms with Crippen molar-refractivity contribution in [1.82, 2.24) is 10.3 Å².